The molecule has 1 fully saturated rings. The number of rotatable bonds is 12. The molecule has 0 unspecified atom stereocenters. The molecule has 1 rings (SSSR count). The molecule has 6 heteroatoms. The van der Waals surface area contributed by atoms with Gasteiger partial charge in [-0.3, -0.25) is 9.59 Å². The molecule has 4 atom stereocenters. The van der Waals surface area contributed by atoms with Crippen molar-refractivity contribution in [2.75, 3.05) is 0 Å². The molecule has 0 amide bonds. The number of esters is 1. The maximum absolute atomic E-state index is 11.6. The van der Waals surface area contributed by atoms with Crippen molar-refractivity contribution in [3.05, 3.63) is 24.3 Å². The van der Waals surface area contributed by atoms with Crippen LogP contribution in [-0.2, 0) is 14.3 Å². The molecule has 0 aromatic heterocycles. The van der Waals surface area contributed by atoms with E-state index in [0.717, 1.165) is 19.3 Å². The van der Waals surface area contributed by atoms with Gasteiger partial charge >= 0.3 is 11.9 Å². The van der Waals surface area contributed by atoms with E-state index in [1.807, 2.05) is 12.2 Å². The molecule has 0 aromatic rings. The molecule has 0 bridgehead atoms. The fourth-order valence-corrected chi connectivity index (χ4v) is 2.98. The van der Waals surface area contributed by atoms with Crippen LogP contribution in [0.15, 0.2) is 24.3 Å². The first kappa shape index (κ1) is 22.4. The van der Waals surface area contributed by atoms with E-state index in [2.05, 4.69) is 6.92 Å². The van der Waals surface area contributed by atoms with E-state index in [4.69, 9.17) is 9.84 Å². The minimum Gasteiger partial charge on any atom is -0.481 e. The molecule has 1 saturated heterocycles. The van der Waals surface area contributed by atoms with Crippen LogP contribution in [0.4, 0.5) is 0 Å². The molecule has 0 aliphatic carbocycles. The molecule has 0 radical (unpaired) electrons. The second-order valence-electron chi connectivity index (χ2n) is 6.83. The highest BCUT2D eigenvalue weighted by atomic mass is 16.5. The number of carbonyl (C=O) groups is 2. The summed E-state index contributed by atoms with van der Waals surface area (Å²) in [5.41, 5.74) is 0. The number of hydrogen-bond donors (Lipinski definition) is 3. The van der Waals surface area contributed by atoms with Crippen LogP contribution in [0.5, 0.6) is 0 Å². The monoisotopic (exact) mass is 368 g/mol. The lowest BCUT2D eigenvalue weighted by Crippen LogP contribution is -2.41. The van der Waals surface area contributed by atoms with Crippen molar-refractivity contribution in [3.8, 4) is 0 Å². The zero-order chi connectivity index (χ0) is 19.4. The lowest BCUT2D eigenvalue weighted by molar-refractivity contribution is -0.163. The molecule has 0 aromatic carbocycles. The highest BCUT2D eigenvalue weighted by molar-refractivity contribution is 5.71. The SMILES string of the molecule is CCCCC[C@H](O)C=C[C@H]1OC(=O)C[C@H](O)[C@@H]1CC=CCCCC(=O)O. The van der Waals surface area contributed by atoms with Gasteiger partial charge in [-0.25, -0.2) is 0 Å². The van der Waals surface area contributed by atoms with E-state index < -0.39 is 30.3 Å². The van der Waals surface area contributed by atoms with E-state index in [1.54, 1.807) is 12.2 Å². The van der Waals surface area contributed by atoms with Crippen molar-refractivity contribution in [1.82, 2.24) is 0 Å². The van der Waals surface area contributed by atoms with Crippen LogP contribution >= 0.6 is 0 Å². The number of aliphatic hydroxyl groups excluding tert-OH is 2. The number of aliphatic carboxylic acids is 1. The Morgan fingerprint density at radius 3 is 2.77 bits per heavy atom. The van der Waals surface area contributed by atoms with Gasteiger partial charge in [-0.2, -0.15) is 0 Å². The van der Waals surface area contributed by atoms with Gasteiger partial charge in [-0.15, -0.1) is 0 Å². The Kier molecular flexibility index (Phi) is 10.9. The zero-order valence-corrected chi connectivity index (χ0v) is 15.5. The molecular formula is C20H32O6. The number of hydrogen-bond acceptors (Lipinski definition) is 5. The number of carboxylic acid groups (broad SMARTS) is 1. The van der Waals surface area contributed by atoms with Crippen LogP contribution in [0.1, 0.15) is 64.7 Å². The van der Waals surface area contributed by atoms with E-state index >= 15 is 0 Å². The van der Waals surface area contributed by atoms with E-state index in [9.17, 15) is 19.8 Å². The maximum atomic E-state index is 11.6. The Hall–Kier alpha value is -1.66. The largest absolute Gasteiger partial charge is 0.481 e. The van der Waals surface area contributed by atoms with E-state index in [-0.39, 0.29) is 18.8 Å². The fourth-order valence-electron chi connectivity index (χ4n) is 2.98. The maximum Gasteiger partial charge on any atom is 0.309 e. The molecule has 1 aliphatic heterocycles. The summed E-state index contributed by atoms with van der Waals surface area (Å²) >= 11 is 0. The van der Waals surface area contributed by atoms with Gasteiger partial charge in [0.15, 0.2) is 0 Å². The second kappa shape index (κ2) is 12.7. The standard InChI is InChI=1S/C20H32O6/c1-2-3-6-9-15(21)12-13-18-16(17(22)14-20(25)26-18)10-7-4-5-8-11-19(23)24/h4,7,12-13,15-18,21-22H,2-3,5-6,8-11,14H2,1H3,(H,23,24)/t15-,16-,17-,18+/m0/s1. The van der Waals surface area contributed by atoms with Gasteiger partial charge in [0, 0.05) is 12.3 Å². The minimum atomic E-state index is -0.810. The average Bonchev–Trinajstić information content (AvgIpc) is 2.57. The van der Waals surface area contributed by atoms with Crippen LogP contribution in [0, 0.1) is 5.92 Å². The van der Waals surface area contributed by atoms with Gasteiger partial charge in [0.05, 0.1) is 18.6 Å². The van der Waals surface area contributed by atoms with Crippen LogP contribution < -0.4 is 0 Å². The van der Waals surface area contributed by atoms with Crippen molar-refractivity contribution >= 4 is 11.9 Å². The van der Waals surface area contributed by atoms with Gasteiger partial charge in [0.25, 0.3) is 0 Å². The lowest BCUT2D eigenvalue weighted by atomic mass is 9.87. The lowest BCUT2D eigenvalue weighted by Gasteiger charge is -2.32. The summed E-state index contributed by atoms with van der Waals surface area (Å²) in [5, 5.41) is 28.8. The molecule has 148 valence electrons. The number of unbranched alkanes of at least 4 members (excludes halogenated alkanes) is 3. The van der Waals surface area contributed by atoms with Crippen LogP contribution in [-0.4, -0.2) is 45.6 Å². The highest BCUT2D eigenvalue weighted by Gasteiger charge is 2.35. The van der Waals surface area contributed by atoms with Crippen molar-refractivity contribution in [2.24, 2.45) is 5.92 Å². The van der Waals surface area contributed by atoms with Crippen LogP contribution in [0.3, 0.4) is 0 Å². The third-order valence-corrected chi connectivity index (χ3v) is 4.52. The molecule has 1 heterocycles. The Balaban J connectivity index is 2.54. The van der Waals surface area contributed by atoms with Crippen molar-refractivity contribution < 1.29 is 29.6 Å². The summed E-state index contributed by atoms with van der Waals surface area (Å²) in [4.78, 5) is 22.1. The number of ether oxygens (including phenoxy) is 1. The summed E-state index contributed by atoms with van der Waals surface area (Å²) in [7, 11) is 0. The summed E-state index contributed by atoms with van der Waals surface area (Å²) in [6.07, 6.45) is 10.8. The van der Waals surface area contributed by atoms with Crippen molar-refractivity contribution in [3.63, 3.8) is 0 Å². The summed E-state index contributed by atoms with van der Waals surface area (Å²) in [5.74, 6) is -1.51. The molecule has 26 heavy (non-hydrogen) atoms. The Morgan fingerprint density at radius 1 is 1.31 bits per heavy atom. The van der Waals surface area contributed by atoms with Gasteiger partial charge < -0.3 is 20.1 Å². The zero-order valence-electron chi connectivity index (χ0n) is 15.5. The number of cyclic esters (lactones) is 1. The van der Waals surface area contributed by atoms with Crippen molar-refractivity contribution in [1.29, 1.82) is 0 Å². The molecular weight excluding hydrogens is 336 g/mol. The average molecular weight is 368 g/mol. The van der Waals surface area contributed by atoms with Gasteiger partial charge in [-0.05, 0) is 31.8 Å². The summed E-state index contributed by atoms with van der Waals surface area (Å²) < 4.78 is 5.35. The van der Waals surface area contributed by atoms with Gasteiger partial charge in [0.1, 0.15) is 6.10 Å². The highest BCUT2D eigenvalue weighted by Crippen LogP contribution is 2.27. The minimum absolute atomic E-state index is 0.0269. The Labute approximate surface area is 155 Å². The topological polar surface area (TPSA) is 104 Å². The van der Waals surface area contributed by atoms with Crippen LogP contribution in [0.25, 0.3) is 0 Å². The van der Waals surface area contributed by atoms with Gasteiger partial charge in [0.2, 0.25) is 0 Å². The first-order valence-corrected chi connectivity index (χ1v) is 9.54. The third kappa shape index (κ3) is 9.15. The van der Waals surface area contributed by atoms with Crippen LogP contribution in [0.2, 0.25) is 0 Å². The van der Waals surface area contributed by atoms with E-state index in [1.165, 1.54) is 0 Å². The second-order valence-corrected chi connectivity index (χ2v) is 6.83. The number of allylic oxidation sites excluding steroid dienone is 2. The first-order valence-electron chi connectivity index (χ1n) is 9.54. The normalized spacial score (nSPS) is 24.9. The summed E-state index contributed by atoms with van der Waals surface area (Å²) in [6.45, 7) is 2.10. The quantitative estimate of drug-likeness (QED) is 0.278. The van der Waals surface area contributed by atoms with E-state index in [0.29, 0.717) is 25.7 Å². The third-order valence-electron chi connectivity index (χ3n) is 4.52. The predicted octanol–water partition coefficient (Wildman–Crippen LogP) is 2.98. The predicted molar refractivity (Wildman–Crippen MR) is 98.5 cm³/mol. The smallest absolute Gasteiger partial charge is 0.309 e. The molecule has 0 spiro atoms. The molecule has 6 nitrogen and oxygen atoms in total. The number of aliphatic hydroxyl groups is 2. The molecule has 0 saturated carbocycles. The number of carboxylic acids is 1. The van der Waals surface area contributed by atoms with Crippen molar-refractivity contribution in [2.45, 2.75) is 83.0 Å². The Morgan fingerprint density at radius 2 is 2.08 bits per heavy atom. The Bertz CT molecular complexity index is 485. The fraction of sp³-hybridized carbons (Fsp3) is 0.700. The number of carbonyl (C=O) groups excluding carboxylic acids is 1. The molecule has 3 N–H and O–H groups in total. The van der Waals surface area contributed by atoms with Gasteiger partial charge in [-0.1, -0.05) is 44.4 Å². The molecule has 1 aliphatic rings. The first-order chi connectivity index (χ1) is 12.4. The summed E-state index contributed by atoms with van der Waals surface area (Å²) in [6, 6.07) is 0.